The maximum Gasteiger partial charge on any atom is 0.128 e. The van der Waals surface area contributed by atoms with Crippen LogP contribution in [-0.2, 0) is 0 Å². The van der Waals surface area contributed by atoms with Crippen molar-refractivity contribution in [1.29, 1.82) is 0 Å². The van der Waals surface area contributed by atoms with Gasteiger partial charge in [-0.1, -0.05) is 19.4 Å². The van der Waals surface area contributed by atoms with Crippen molar-refractivity contribution in [1.82, 2.24) is 9.88 Å². The average Bonchev–Trinajstić information content (AvgIpc) is 3.02. The molecule has 0 aliphatic carbocycles. The second-order valence-corrected chi connectivity index (χ2v) is 5.78. The van der Waals surface area contributed by atoms with Crippen molar-refractivity contribution >= 4 is 5.82 Å². The van der Waals surface area contributed by atoms with Crippen LogP contribution < -0.4 is 4.90 Å². The van der Waals surface area contributed by atoms with Gasteiger partial charge < -0.3 is 4.90 Å². The van der Waals surface area contributed by atoms with E-state index >= 15 is 0 Å². The molecule has 2 aliphatic heterocycles. The number of hydrogen-bond donors (Lipinski definition) is 0. The molecule has 2 aliphatic rings. The summed E-state index contributed by atoms with van der Waals surface area (Å²) in [5.41, 5.74) is 1.41. The molecule has 19 heavy (non-hydrogen) atoms. The van der Waals surface area contributed by atoms with Crippen LogP contribution in [0.4, 0.5) is 5.82 Å². The minimum absolute atomic E-state index is 0.596. The molecule has 0 unspecified atom stereocenters. The Bertz CT molecular complexity index is 395. The first-order valence-electron chi connectivity index (χ1n) is 7.83. The first kappa shape index (κ1) is 12.9. The summed E-state index contributed by atoms with van der Waals surface area (Å²) in [6.07, 6.45) is 8.74. The van der Waals surface area contributed by atoms with Crippen LogP contribution in [0.15, 0.2) is 18.3 Å². The Labute approximate surface area is 116 Å². The summed E-state index contributed by atoms with van der Waals surface area (Å²) < 4.78 is 0. The van der Waals surface area contributed by atoms with Crippen LogP contribution in [0.5, 0.6) is 0 Å². The van der Waals surface area contributed by atoms with Crippen LogP contribution in [0, 0.1) is 0 Å². The van der Waals surface area contributed by atoms with Crippen LogP contribution in [-0.4, -0.2) is 36.1 Å². The van der Waals surface area contributed by atoms with Gasteiger partial charge in [0, 0.05) is 25.3 Å². The fourth-order valence-corrected chi connectivity index (χ4v) is 3.47. The van der Waals surface area contributed by atoms with Crippen molar-refractivity contribution in [3.8, 4) is 0 Å². The fraction of sp³-hybridized carbons (Fsp3) is 0.688. The first-order chi connectivity index (χ1) is 9.38. The Balaban J connectivity index is 1.73. The molecule has 3 heteroatoms. The molecule has 0 aromatic carbocycles. The molecule has 2 saturated heterocycles. The molecule has 0 spiro atoms. The highest BCUT2D eigenvalue weighted by molar-refractivity contribution is 5.40. The monoisotopic (exact) mass is 259 g/mol. The quantitative estimate of drug-likeness (QED) is 0.831. The molecular weight excluding hydrogens is 234 g/mol. The van der Waals surface area contributed by atoms with Crippen molar-refractivity contribution in [2.45, 2.75) is 45.1 Å². The highest BCUT2D eigenvalue weighted by atomic mass is 15.2. The number of rotatable bonds is 3. The van der Waals surface area contributed by atoms with Gasteiger partial charge >= 0.3 is 0 Å². The third-order valence-electron chi connectivity index (χ3n) is 4.61. The average molecular weight is 259 g/mol. The van der Waals surface area contributed by atoms with E-state index in [1.807, 2.05) is 0 Å². The molecule has 0 radical (unpaired) electrons. The Morgan fingerprint density at radius 3 is 2.58 bits per heavy atom. The topological polar surface area (TPSA) is 19.4 Å². The van der Waals surface area contributed by atoms with Gasteiger partial charge in [-0.15, -0.1) is 0 Å². The molecule has 1 atom stereocenters. The normalized spacial score (nSPS) is 24.9. The Morgan fingerprint density at radius 2 is 1.89 bits per heavy atom. The Morgan fingerprint density at radius 1 is 1.11 bits per heavy atom. The van der Waals surface area contributed by atoms with E-state index in [-0.39, 0.29) is 0 Å². The van der Waals surface area contributed by atoms with Crippen molar-refractivity contribution in [2.24, 2.45) is 0 Å². The van der Waals surface area contributed by atoms with E-state index in [4.69, 9.17) is 4.98 Å². The van der Waals surface area contributed by atoms with Gasteiger partial charge in [0.15, 0.2) is 0 Å². The number of aromatic nitrogens is 1. The molecule has 0 amide bonds. The summed E-state index contributed by atoms with van der Waals surface area (Å²) in [5, 5.41) is 0. The molecule has 3 heterocycles. The summed E-state index contributed by atoms with van der Waals surface area (Å²) >= 11 is 0. The van der Waals surface area contributed by atoms with E-state index in [0.717, 1.165) is 6.54 Å². The number of piperidine rings is 1. The highest BCUT2D eigenvalue weighted by Crippen LogP contribution is 2.31. The van der Waals surface area contributed by atoms with Gasteiger partial charge in [-0.05, 0) is 50.4 Å². The lowest BCUT2D eigenvalue weighted by molar-refractivity contribution is 0.157. The zero-order chi connectivity index (χ0) is 13.1. The number of likely N-dealkylation sites (tertiary alicyclic amines) is 1. The Kier molecular flexibility index (Phi) is 4.02. The molecule has 2 fully saturated rings. The van der Waals surface area contributed by atoms with Gasteiger partial charge in [-0.3, -0.25) is 4.90 Å². The standard InChI is InChI=1S/C16H25N3/c1-2-18-10-4-3-7-15(18)14-8-9-16(17-13-14)19-11-5-6-12-19/h8-9,13,15H,2-7,10-12H2,1H3/t15-/m1/s1. The zero-order valence-electron chi connectivity index (χ0n) is 12.0. The van der Waals surface area contributed by atoms with Crippen LogP contribution in [0.2, 0.25) is 0 Å². The minimum Gasteiger partial charge on any atom is -0.357 e. The minimum atomic E-state index is 0.596. The number of anilines is 1. The molecule has 0 saturated carbocycles. The molecule has 1 aromatic heterocycles. The van der Waals surface area contributed by atoms with E-state index < -0.39 is 0 Å². The van der Waals surface area contributed by atoms with Gasteiger partial charge in [0.1, 0.15) is 5.82 Å². The van der Waals surface area contributed by atoms with Crippen LogP contribution in [0.25, 0.3) is 0 Å². The summed E-state index contributed by atoms with van der Waals surface area (Å²) in [6, 6.07) is 5.13. The van der Waals surface area contributed by atoms with Gasteiger partial charge in [0.2, 0.25) is 0 Å². The summed E-state index contributed by atoms with van der Waals surface area (Å²) in [4.78, 5) is 9.70. The second kappa shape index (κ2) is 5.91. The molecule has 0 N–H and O–H groups in total. The summed E-state index contributed by atoms with van der Waals surface area (Å²) in [5.74, 6) is 1.17. The van der Waals surface area contributed by atoms with E-state index in [9.17, 15) is 0 Å². The molecule has 3 nitrogen and oxygen atoms in total. The van der Waals surface area contributed by atoms with Gasteiger partial charge in [0.25, 0.3) is 0 Å². The molecule has 104 valence electrons. The van der Waals surface area contributed by atoms with Crippen LogP contribution in [0.3, 0.4) is 0 Å². The van der Waals surface area contributed by atoms with Gasteiger partial charge in [0.05, 0.1) is 0 Å². The third-order valence-corrected chi connectivity index (χ3v) is 4.61. The maximum absolute atomic E-state index is 4.70. The maximum atomic E-state index is 4.70. The smallest absolute Gasteiger partial charge is 0.128 e. The number of pyridine rings is 1. The number of hydrogen-bond acceptors (Lipinski definition) is 3. The predicted molar refractivity (Wildman–Crippen MR) is 79.5 cm³/mol. The van der Waals surface area contributed by atoms with Crippen LogP contribution >= 0.6 is 0 Å². The van der Waals surface area contributed by atoms with Crippen molar-refractivity contribution < 1.29 is 0 Å². The fourth-order valence-electron chi connectivity index (χ4n) is 3.47. The largest absolute Gasteiger partial charge is 0.357 e. The van der Waals surface area contributed by atoms with Crippen molar-refractivity contribution in [2.75, 3.05) is 31.1 Å². The highest BCUT2D eigenvalue weighted by Gasteiger charge is 2.23. The van der Waals surface area contributed by atoms with Crippen molar-refractivity contribution in [3.63, 3.8) is 0 Å². The molecular formula is C16H25N3. The molecule has 1 aromatic rings. The lowest BCUT2D eigenvalue weighted by Crippen LogP contribution is -2.33. The first-order valence-corrected chi connectivity index (χ1v) is 7.83. The molecule has 0 bridgehead atoms. The number of nitrogens with zero attached hydrogens (tertiary/aromatic N) is 3. The predicted octanol–water partition coefficient (Wildman–Crippen LogP) is 3.23. The SMILES string of the molecule is CCN1CCCC[C@@H]1c1ccc(N2CCCC2)nc1. The summed E-state index contributed by atoms with van der Waals surface area (Å²) in [7, 11) is 0. The van der Waals surface area contributed by atoms with E-state index in [2.05, 4.69) is 35.1 Å². The van der Waals surface area contributed by atoms with Crippen LogP contribution in [0.1, 0.15) is 50.6 Å². The van der Waals surface area contributed by atoms with E-state index in [1.54, 1.807) is 0 Å². The molecule has 3 rings (SSSR count). The van der Waals surface area contributed by atoms with Gasteiger partial charge in [-0.2, -0.15) is 0 Å². The van der Waals surface area contributed by atoms with Gasteiger partial charge in [-0.25, -0.2) is 4.98 Å². The zero-order valence-corrected chi connectivity index (χ0v) is 12.0. The van der Waals surface area contributed by atoms with Crippen molar-refractivity contribution in [3.05, 3.63) is 23.9 Å². The van der Waals surface area contributed by atoms with E-state index in [0.29, 0.717) is 6.04 Å². The second-order valence-electron chi connectivity index (χ2n) is 5.78. The summed E-state index contributed by atoms with van der Waals surface area (Å²) in [6.45, 7) is 7.02. The lowest BCUT2D eigenvalue weighted by Gasteiger charge is -2.35. The lowest BCUT2D eigenvalue weighted by atomic mass is 9.96. The third kappa shape index (κ3) is 2.76. The van der Waals surface area contributed by atoms with E-state index in [1.165, 1.54) is 63.1 Å². The Hall–Kier alpha value is -1.09.